The molecule has 9 nitrogen and oxygen atoms in total. The number of nitrogens with one attached hydrogen (secondary N) is 1. The minimum atomic E-state index is -0.805. The molecule has 9 heteroatoms. The van der Waals surface area contributed by atoms with Gasteiger partial charge >= 0.3 is 0 Å². The number of likely N-dealkylation sites (tertiary alicyclic amines) is 1. The molecule has 0 radical (unpaired) electrons. The van der Waals surface area contributed by atoms with Gasteiger partial charge in [0.2, 0.25) is 5.91 Å². The number of rotatable bonds is 7. The number of hydrogen-bond donors (Lipinski definition) is 1. The number of carbonyl (C=O) groups excluding carboxylic acids is 3. The van der Waals surface area contributed by atoms with Crippen molar-refractivity contribution in [3.8, 4) is 0 Å². The molecule has 36 heavy (non-hydrogen) atoms. The Bertz CT molecular complexity index is 952. The summed E-state index contributed by atoms with van der Waals surface area (Å²) in [4.78, 5) is 45.7. The Morgan fingerprint density at radius 3 is 2.39 bits per heavy atom. The fraction of sp³-hybridized carbons (Fsp3) is 0.667. The van der Waals surface area contributed by atoms with E-state index < -0.39 is 23.6 Å². The molecule has 3 saturated heterocycles. The molecular formula is C27H40N4O5. The lowest BCUT2D eigenvalue weighted by Crippen LogP contribution is -2.57. The van der Waals surface area contributed by atoms with Crippen molar-refractivity contribution in [1.29, 1.82) is 0 Å². The number of methoxy groups -OCH3 is 1. The van der Waals surface area contributed by atoms with E-state index in [2.05, 4.69) is 22.0 Å². The van der Waals surface area contributed by atoms with Crippen molar-refractivity contribution in [3.63, 3.8) is 0 Å². The summed E-state index contributed by atoms with van der Waals surface area (Å²) in [5.74, 6) is -0.723. The molecule has 198 valence electrons. The molecule has 4 rings (SSSR count). The molecule has 0 bridgehead atoms. The maximum Gasteiger partial charge on any atom is 0.251 e. The SMILES string of the molecule is CCCN1CCN(c2ccc(C(=O)NC(C(=O)N3C[C@H](OC)[C@H]4OCC(=O)[C@H]43)C(C)(C)C)cc2)CC1. The number of ketones is 1. The van der Waals surface area contributed by atoms with Gasteiger partial charge in [-0.1, -0.05) is 27.7 Å². The molecule has 2 amide bonds. The van der Waals surface area contributed by atoms with Crippen LogP contribution < -0.4 is 10.2 Å². The Labute approximate surface area is 214 Å². The number of piperazine rings is 1. The Morgan fingerprint density at radius 2 is 1.81 bits per heavy atom. The Balaban J connectivity index is 1.44. The molecule has 4 atom stereocenters. The van der Waals surface area contributed by atoms with E-state index in [0.29, 0.717) is 5.56 Å². The van der Waals surface area contributed by atoms with Gasteiger partial charge in [-0.3, -0.25) is 19.3 Å². The number of fused-ring (bicyclic) bond motifs is 1. The van der Waals surface area contributed by atoms with Crippen LogP contribution in [0.1, 0.15) is 44.5 Å². The smallest absolute Gasteiger partial charge is 0.251 e. The van der Waals surface area contributed by atoms with E-state index in [0.717, 1.165) is 44.8 Å². The van der Waals surface area contributed by atoms with Crippen molar-refractivity contribution in [2.24, 2.45) is 5.41 Å². The van der Waals surface area contributed by atoms with Gasteiger partial charge < -0.3 is 24.6 Å². The summed E-state index contributed by atoms with van der Waals surface area (Å²) in [5.41, 5.74) is 1.04. The second-order valence-corrected chi connectivity index (χ2v) is 11.1. The largest absolute Gasteiger partial charge is 0.377 e. The van der Waals surface area contributed by atoms with Gasteiger partial charge in [-0.15, -0.1) is 0 Å². The zero-order chi connectivity index (χ0) is 26.0. The Hall–Kier alpha value is -2.49. The highest BCUT2D eigenvalue weighted by atomic mass is 16.5. The van der Waals surface area contributed by atoms with Crippen LogP contribution in [0.2, 0.25) is 0 Å². The van der Waals surface area contributed by atoms with Gasteiger partial charge in [0.1, 0.15) is 30.9 Å². The molecule has 0 saturated carbocycles. The predicted molar refractivity (Wildman–Crippen MR) is 137 cm³/mol. The Morgan fingerprint density at radius 1 is 1.14 bits per heavy atom. The summed E-state index contributed by atoms with van der Waals surface area (Å²) >= 11 is 0. The van der Waals surface area contributed by atoms with Gasteiger partial charge in [0.15, 0.2) is 5.78 Å². The highest BCUT2D eigenvalue weighted by Crippen LogP contribution is 2.32. The third kappa shape index (κ3) is 5.43. The van der Waals surface area contributed by atoms with E-state index in [1.807, 2.05) is 45.0 Å². The molecule has 3 aliphatic rings. The van der Waals surface area contributed by atoms with Crippen LogP contribution in [0.15, 0.2) is 24.3 Å². The topological polar surface area (TPSA) is 91.4 Å². The van der Waals surface area contributed by atoms with E-state index in [9.17, 15) is 14.4 Å². The summed E-state index contributed by atoms with van der Waals surface area (Å²) in [7, 11) is 1.56. The standard InChI is InChI=1S/C27H40N4O5/c1-6-11-29-12-14-30(15-13-29)19-9-7-18(8-10-19)25(33)28-24(27(2,3)4)26(34)31-16-21(35-5)23-22(31)20(32)17-36-23/h7-10,21-24H,6,11-17H2,1-5H3,(H,28,33)/t21-,22+,23+,24?/m0/s1. The first-order chi connectivity index (χ1) is 17.1. The van der Waals surface area contributed by atoms with E-state index >= 15 is 0 Å². The third-order valence-corrected chi connectivity index (χ3v) is 7.52. The number of Topliss-reactive ketones (excluding diaryl/α,β-unsaturated/α-hetero) is 1. The maximum absolute atomic E-state index is 13.7. The van der Waals surface area contributed by atoms with Crippen molar-refractivity contribution in [2.75, 3.05) is 57.9 Å². The first-order valence-corrected chi connectivity index (χ1v) is 13.0. The summed E-state index contributed by atoms with van der Waals surface area (Å²) in [6.45, 7) is 13.3. The zero-order valence-electron chi connectivity index (χ0n) is 22.2. The van der Waals surface area contributed by atoms with Crippen LogP contribution in [0.25, 0.3) is 0 Å². The molecule has 3 aliphatic heterocycles. The maximum atomic E-state index is 13.7. The average molecular weight is 501 g/mol. The minimum absolute atomic E-state index is 0.0223. The van der Waals surface area contributed by atoms with Crippen LogP contribution in [0, 0.1) is 5.41 Å². The van der Waals surface area contributed by atoms with Crippen LogP contribution in [0.3, 0.4) is 0 Å². The van der Waals surface area contributed by atoms with E-state index in [1.54, 1.807) is 7.11 Å². The van der Waals surface area contributed by atoms with Crippen molar-refractivity contribution in [3.05, 3.63) is 29.8 Å². The molecule has 1 N–H and O–H groups in total. The first-order valence-electron chi connectivity index (χ1n) is 13.0. The van der Waals surface area contributed by atoms with Gasteiger partial charge in [-0.2, -0.15) is 0 Å². The molecule has 0 aliphatic carbocycles. The highest BCUT2D eigenvalue weighted by Gasteiger charge is 2.54. The van der Waals surface area contributed by atoms with Crippen LogP contribution >= 0.6 is 0 Å². The second-order valence-electron chi connectivity index (χ2n) is 11.1. The molecule has 0 aromatic heterocycles. The lowest BCUT2D eigenvalue weighted by molar-refractivity contribution is -0.140. The summed E-state index contributed by atoms with van der Waals surface area (Å²) in [6, 6.07) is 6.10. The number of hydrogen-bond acceptors (Lipinski definition) is 7. The zero-order valence-corrected chi connectivity index (χ0v) is 22.2. The molecule has 3 heterocycles. The monoisotopic (exact) mass is 500 g/mol. The van der Waals surface area contributed by atoms with Gasteiger partial charge in [0.05, 0.1) is 6.54 Å². The quantitative estimate of drug-likeness (QED) is 0.608. The second kappa shape index (κ2) is 10.9. The number of ether oxygens (including phenoxy) is 2. The first kappa shape index (κ1) is 26.6. The lowest BCUT2D eigenvalue weighted by Gasteiger charge is -2.36. The van der Waals surface area contributed by atoms with Gasteiger partial charge in [-0.05, 0) is 42.6 Å². The van der Waals surface area contributed by atoms with Crippen LogP contribution in [0.5, 0.6) is 0 Å². The van der Waals surface area contributed by atoms with E-state index in [-0.39, 0.29) is 36.9 Å². The fourth-order valence-corrected chi connectivity index (χ4v) is 5.45. The highest BCUT2D eigenvalue weighted by molar-refractivity contribution is 5.99. The van der Waals surface area contributed by atoms with Crippen molar-refractivity contribution in [2.45, 2.75) is 58.4 Å². The Kier molecular flexibility index (Phi) is 8.02. The molecule has 1 aromatic rings. The summed E-state index contributed by atoms with van der Waals surface area (Å²) in [6.07, 6.45) is 0.343. The van der Waals surface area contributed by atoms with Crippen molar-refractivity contribution in [1.82, 2.24) is 15.1 Å². The third-order valence-electron chi connectivity index (χ3n) is 7.52. The van der Waals surface area contributed by atoms with E-state index in [4.69, 9.17) is 9.47 Å². The normalized spacial score (nSPS) is 25.7. The number of amides is 2. The van der Waals surface area contributed by atoms with Crippen LogP contribution in [-0.2, 0) is 19.1 Å². The van der Waals surface area contributed by atoms with Crippen LogP contribution in [0.4, 0.5) is 5.69 Å². The number of nitrogens with zero attached hydrogens (tertiary/aromatic N) is 3. The molecule has 1 aromatic carbocycles. The molecule has 1 unspecified atom stereocenters. The van der Waals surface area contributed by atoms with Gasteiger partial charge in [-0.25, -0.2) is 0 Å². The van der Waals surface area contributed by atoms with Crippen molar-refractivity contribution >= 4 is 23.3 Å². The minimum Gasteiger partial charge on any atom is -0.377 e. The van der Waals surface area contributed by atoms with Gasteiger partial charge in [0, 0.05) is 44.5 Å². The lowest BCUT2D eigenvalue weighted by atomic mass is 9.85. The number of anilines is 1. The average Bonchev–Trinajstić information content (AvgIpc) is 3.42. The van der Waals surface area contributed by atoms with E-state index in [1.165, 1.54) is 4.90 Å². The van der Waals surface area contributed by atoms with Crippen LogP contribution in [-0.4, -0.2) is 105 Å². The summed E-state index contributed by atoms with van der Waals surface area (Å²) in [5, 5.41) is 2.95. The summed E-state index contributed by atoms with van der Waals surface area (Å²) < 4.78 is 11.1. The predicted octanol–water partition coefficient (Wildman–Crippen LogP) is 1.56. The number of carbonyl (C=O) groups is 3. The number of benzene rings is 1. The molecule has 3 fully saturated rings. The molecular weight excluding hydrogens is 460 g/mol. The fourth-order valence-electron chi connectivity index (χ4n) is 5.45. The van der Waals surface area contributed by atoms with Crippen molar-refractivity contribution < 1.29 is 23.9 Å². The van der Waals surface area contributed by atoms with Gasteiger partial charge in [0.25, 0.3) is 5.91 Å². The molecule has 0 spiro atoms.